The van der Waals surface area contributed by atoms with E-state index in [0.717, 1.165) is 10.9 Å². The summed E-state index contributed by atoms with van der Waals surface area (Å²) in [5.41, 5.74) is 0.355. The van der Waals surface area contributed by atoms with Crippen LogP contribution in [0.3, 0.4) is 0 Å². The standard InChI is InChI=1S/C15H16BrNO5/c1-21-15(20)12-3-2-6-17(12)14(19)9-22-13-5-4-11(16)7-10(13)8-18/h4-5,7-8,12H,2-3,6,9H2,1H3/t12-/m0/s1. The third kappa shape index (κ3) is 3.65. The number of likely N-dealkylation sites (tertiary alicyclic amines) is 1. The van der Waals surface area contributed by atoms with Gasteiger partial charge in [0, 0.05) is 11.0 Å². The van der Waals surface area contributed by atoms with Crippen LogP contribution in [0.1, 0.15) is 23.2 Å². The molecule has 6 nitrogen and oxygen atoms in total. The fourth-order valence-electron chi connectivity index (χ4n) is 2.41. The average molecular weight is 370 g/mol. The molecule has 0 bridgehead atoms. The van der Waals surface area contributed by atoms with Crippen LogP contribution < -0.4 is 4.74 Å². The quantitative estimate of drug-likeness (QED) is 0.584. The number of rotatable bonds is 5. The minimum atomic E-state index is -0.545. The van der Waals surface area contributed by atoms with Gasteiger partial charge in [-0.3, -0.25) is 9.59 Å². The van der Waals surface area contributed by atoms with Gasteiger partial charge in [-0.2, -0.15) is 0 Å². The number of carbonyl (C=O) groups is 3. The number of methoxy groups -OCH3 is 1. The van der Waals surface area contributed by atoms with Gasteiger partial charge in [0.1, 0.15) is 11.8 Å². The highest BCUT2D eigenvalue weighted by Crippen LogP contribution is 2.23. The molecule has 22 heavy (non-hydrogen) atoms. The highest BCUT2D eigenvalue weighted by molar-refractivity contribution is 9.10. The minimum absolute atomic E-state index is 0.226. The summed E-state index contributed by atoms with van der Waals surface area (Å²) in [6, 6.07) is 4.40. The number of hydrogen-bond donors (Lipinski definition) is 0. The van der Waals surface area contributed by atoms with Gasteiger partial charge >= 0.3 is 5.97 Å². The number of carbonyl (C=O) groups excluding carboxylic acids is 3. The van der Waals surface area contributed by atoms with Gasteiger partial charge in [0.25, 0.3) is 5.91 Å². The second kappa shape index (κ2) is 7.40. The second-order valence-corrected chi connectivity index (χ2v) is 5.77. The Kier molecular flexibility index (Phi) is 5.54. The van der Waals surface area contributed by atoms with Crippen molar-refractivity contribution >= 4 is 34.1 Å². The molecule has 1 saturated heterocycles. The number of aldehydes is 1. The lowest BCUT2D eigenvalue weighted by Crippen LogP contribution is -2.43. The zero-order chi connectivity index (χ0) is 16.1. The summed E-state index contributed by atoms with van der Waals surface area (Å²) in [6.07, 6.45) is 2.01. The van der Waals surface area contributed by atoms with Crippen LogP contribution in [0.25, 0.3) is 0 Å². The third-order valence-corrected chi connectivity index (χ3v) is 3.99. The fourth-order valence-corrected chi connectivity index (χ4v) is 2.79. The molecular formula is C15H16BrNO5. The molecule has 1 atom stereocenters. The molecule has 118 valence electrons. The molecule has 2 rings (SSSR count). The molecule has 0 aliphatic carbocycles. The molecule has 1 heterocycles. The van der Waals surface area contributed by atoms with Crippen LogP contribution in [0.4, 0.5) is 0 Å². The first-order valence-electron chi connectivity index (χ1n) is 6.81. The van der Waals surface area contributed by atoms with E-state index in [9.17, 15) is 14.4 Å². The number of benzene rings is 1. The summed E-state index contributed by atoms with van der Waals surface area (Å²) in [6.45, 7) is 0.277. The van der Waals surface area contributed by atoms with Crippen molar-refractivity contribution in [1.82, 2.24) is 4.90 Å². The molecule has 1 aromatic rings. The molecule has 0 unspecified atom stereocenters. The minimum Gasteiger partial charge on any atom is -0.483 e. The molecule has 0 N–H and O–H groups in total. The zero-order valence-corrected chi connectivity index (χ0v) is 13.7. The Morgan fingerprint density at radius 3 is 2.91 bits per heavy atom. The normalized spacial score (nSPS) is 17.2. The van der Waals surface area contributed by atoms with E-state index < -0.39 is 12.0 Å². The van der Waals surface area contributed by atoms with Crippen molar-refractivity contribution < 1.29 is 23.9 Å². The largest absolute Gasteiger partial charge is 0.483 e. The Bertz CT molecular complexity index is 589. The fraction of sp³-hybridized carbons (Fsp3) is 0.400. The van der Waals surface area contributed by atoms with Crippen LogP contribution in [-0.2, 0) is 14.3 Å². The van der Waals surface area contributed by atoms with Crippen molar-refractivity contribution in [3.63, 3.8) is 0 Å². The number of halogens is 1. The lowest BCUT2D eigenvalue weighted by atomic mass is 10.2. The first-order chi connectivity index (χ1) is 10.6. The van der Waals surface area contributed by atoms with Crippen molar-refractivity contribution in [3.05, 3.63) is 28.2 Å². The van der Waals surface area contributed by atoms with Crippen molar-refractivity contribution in [1.29, 1.82) is 0 Å². The maximum atomic E-state index is 12.2. The Hall–Kier alpha value is -1.89. The van der Waals surface area contributed by atoms with Gasteiger partial charge in [-0.25, -0.2) is 4.79 Å². The van der Waals surface area contributed by atoms with E-state index in [2.05, 4.69) is 15.9 Å². The van der Waals surface area contributed by atoms with E-state index in [-0.39, 0.29) is 12.5 Å². The van der Waals surface area contributed by atoms with Gasteiger partial charge in [-0.05, 0) is 31.0 Å². The highest BCUT2D eigenvalue weighted by Gasteiger charge is 2.34. The molecule has 1 amide bonds. The van der Waals surface area contributed by atoms with Crippen LogP contribution in [0.15, 0.2) is 22.7 Å². The van der Waals surface area contributed by atoms with E-state index in [1.807, 2.05) is 0 Å². The summed E-state index contributed by atoms with van der Waals surface area (Å²) in [5, 5.41) is 0. The molecule has 1 aromatic carbocycles. The van der Waals surface area contributed by atoms with Gasteiger partial charge in [-0.15, -0.1) is 0 Å². The maximum Gasteiger partial charge on any atom is 0.328 e. The van der Waals surface area contributed by atoms with Crippen LogP contribution in [0.5, 0.6) is 5.75 Å². The van der Waals surface area contributed by atoms with Crippen molar-refractivity contribution in [2.45, 2.75) is 18.9 Å². The molecule has 1 fully saturated rings. The first kappa shape index (κ1) is 16.5. The van der Waals surface area contributed by atoms with Gasteiger partial charge in [-0.1, -0.05) is 15.9 Å². The van der Waals surface area contributed by atoms with Crippen molar-refractivity contribution in [2.75, 3.05) is 20.3 Å². The number of esters is 1. The van der Waals surface area contributed by atoms with Crippen LogP contribution in [0, 0.1) is 0 Å². The smallest absolute Gasteiger partial charge is 0.328 e. The molecule has 0 aromatic heterocycles. The number of nitrogens with zero attached hydrogens (tertiary/aromatic N) is 1. The van der Waals surface area contributed by atoms with Crippen LogP contribution in [-0.4, -0.2) is 49.4 Å². The predicted molar refractivity (Wildman–Crippen MR) is 81.8 cm³/mol. The Morgan fingerprint density at radius 1 is 1.45 bits per heavy atom. The summed E-state index contributed by atoms with van der Waals surface area (Å²) in [7, 11) is 1.30. The van der Waals surface area contributed by atoms with Gasteiger partial charge < -0.3 is 14.4 Å². The van der Waals surface area contributed by atoms with E-state index in [1.54, 1.807) is 18.2 Å². The third-order valence-electron chi connectivity index (χ3n) is 3.50. The van der Waals surface area contributed by atoms with E-state index in [0.29, 0.717) is 30.6 Å². The zero-order valence-electron chi connectivity index (χ0n) is 12.1. The number of hydrogen-bond acceptors (Lipinski definition) is 5. The van der Waals surface area contributed by atoms with Crippen molar-refractivity contribution in [2.24, 2.45) is 0 Å². The number of amides is 1. The van der Waals surface area contributed by atoms with E-state index >= 15 is 0 Å². The molecular weight excluding hydrogens is 354 g/mol. The molecule has 0 spiro atoms. The Morgan fingerprint density at radius 2 is 2.23 bits per heavy atom. The van der Waals surface area contributed by atoms with Crippen LogP contribution in [0.2, 0.25) is 0 Å². The lowest BCUT2D eigenvalue weighted by molar-refractivity contribution is -0.151. The monoisotopic (exact) mass is 369 g/mol. The van der Waals surface area contributed by atoms with Gasteiger partial charge in [0.05, 0.1) is 12.7 Å². The molecule has 0 radical (unpaired) electrons. The van der Waals surface area contributed by atoms with Crippen LogP contribution >= 0.6 is 15.9 Å². The lowest BCUT2D eigenvalue weighted by Gasteiger charge is -2.22. The van der Waals surface area contributed by atoms with E-state index in [1.165, 1.54) is 12.0 Å². The summed E-state index contributed by atoms with van der Waals surface area (Å²) >= 11 is 3.26. The Balaban J connectivity index is 2.01. The topological polar surface area (TPSA) is 72.9 Å². The summed E-state index contributed by atoms with van der Waals surface area (Å²) in [5.74, 6) is -0.379. The second-order valence-electron chi connectivity index (χ2n) is 4.86. The molecule has 0 saturated carbocycles. The maximum absolute atomic E-state index is 12.2. The Labute approximate surface area is 136 Å². The summed E-state index contributed by atoms with van der Waals surface area (Å²) < 4.78 is 10.9. The van der Waals surface area contributed by atoms with Gasteiger partial charge in [0.15, 0.2) is 12.9 Å². The molecule has 1 aliphatic heterocycles. The summed E-state index contributed by atoms with van der Waals surface area (Å²) in [4.78, 5) is 36.3. The SMILES string of the molecule is COC(=O)[C@@H]1CCCN1C(=O)COc1ccc(Br)cc1C=O. The van der Waals surface area contributed by atoms with Gasteiger partial charge in [0.2, 0.25) is 0 Å². The molecule has 7 heteroatoms. The van der Waals surface area contributed by atoms with Crippen molar-refractivity contribution in [3.8, 4) is 5.75 Å². The highest BCUT2D eigenvalue weighted by atomic mass is 79.9. The predicted octanol–water partition coefficient (Wildman–Crippen LogP) is 1.80. The van der Waals surface area contributed by atoms with E-state index in [4.69, 9.17) is 9.47 Å². The average Bonchev–Trinajstić information content (AvgIpc) is 3.02. The molecule has 1 aliphatic rings. The number of ether oxygens (including phenoxy) is 2. The first-order valence-corrected chi connectivity index (χ1v) is 7.61.